The van der Waals surface area contributed by atoms with E-state index in [9.17, 15) is 9.18 Å². The molecule has 176 valence electrons. The van der Waals surface area contributed by atoms with E-state index < -0.39 is 0 Å². The number of halogens is 2. The summed E-state index contributed by atoms with van der Waals surface area (Å²) in [6, 6.07) is 10.3. The summed E-state index contributed by atoms with van der Waals surface area (Å²) in [4.78, 5) is 23.2. The number of hydrogen-bond acceptors (Lipinski definition) is 6. The van der Waals surface area contributed by atoms with E-state index in [-0.39, 0.29) is 11.7 Å². The largest absolute Gasteiger partial charge is 0.379 e. The van der Waals surface area contributed by atoms with Gasteiger partial charge in [0.2, 0.25) is 5.91 Å². The molecule has 0 radical (unpaired) electrons. The fraction of sp³-hybridized carbons (Fsp3) is 0.417. The number of thioether (sulfide) groups is 1. The van der Waals surface area contributed by atoms with Gasteiger partial charge < -0.3 is 4.74 Å². The standard InChI is InChI=1S/C24H27ClFN3O2S2/c1-17-15-18(25)16-21-23(17)27-24(33-21)29(9-8-28-10-12-31-13-11-28)22(30)3-2-14-32-20-6-4-19(26)5-7-20/h4-7,15-16H,2-3,8-14H2,1H3. The second-order valence-corrected chi connectivity index (χ2v) is 10.6. The van der Waals surface area contributed by atoms with Crippen LogP contribution >= 0.6 is 34.7 Å². The number of thiazole rings is 1. The lowest BCUT2D eigenvalue weighted by atomic mass is 10.2. The van der Waals surface area contributed by atoms with E-state index in [1.807, 2.05) is 24.0 Å². The molecule has 1 aliphatic heterocycles. The molecule has 1 aliphatic rings. The highest BCUT2D eigenvalue weighted by Gasteiger charge is 2.22. The molecule has 0 N–H and O–H groups in total. The smallest absolute Gasteiger partial charge is 0.228 e. The first kappa shape index (κ1) is 24.4. The van der Waals surface area contributed by atoms with E-state index in [2.05, 4.69) is 4.90 Å². The maximum atomic E-state index is 13.3. The lowest BCUT2D eigenvalue weighted by molar-refractivity contribution is -0.118. The maximum absolute atomic E-state index is 13.3. The number of benzene rings is 2. The van der Waals surface area contributed by atoms with Crippen molar-refractivity contribution >= 4 is 56.0 Å². The molecule has 2 aromatic carbocycles. The van der Waals surface area contributed by atoms with Crippen LogP contribution in [0, 0.1) is 12.7 Å². The third-order valence-electron chi connectivity index (χ3n) is 5.53. The van der Waals surface area contributed by atoms with Crippen LogP contribution in [0.1, 0.15) is 18.4 Å². The molecule has 4 rings (SSSR count). The van der Waals surface area contributed by atoms with Crippen molar-refractivity contribution in [2.75, 3.05) is 50.0 Å². The number of anilines is 1. The molecule has 3 aromatic rings. The molecule has 2 heterocycles. The zero-order valence-corrected chi connectivity index (χ0v) is 20.9. The van der Waals surface area contributed by atoms with Crippen molar-refractivity contribution in [2.45, 2.75) is 24.7 Å². The molecule has 1 aromatic heterocycles. The van der Waals surface area contributed by atoms with Crippen LogP contribution in [0.3, 0.4) is 0 Å². The number of amides is 1. The minimum absolute atomic E-state index is 0.0748. The van der Waals surface area contributed by atoms with Crippen LogP contribution in [0.15, 0.2) is 41.3 Å². The van der Waals surface area contributed by atoms with Gasteiger partial charge in [0.25, 0.3) is 0 Å². The van der Waals surface area contributed by atoms with Gasteiger partial charge in [0.05, 0.1) is 23.4 Å². The summed E-state index contributed by atoms with van der Waals surface area (Å²) in [6.45, 7) is 6.59. The summed E-state index contributed by atoms with van der Waals surface area (Å²) >= 11 is 9.38. The fourth-order valence-corrected chi connectivity index (χ4v) is 6.05. The van der Waals surface area contributed by atoms with Crippen molar-refractivity contribution in [1.29, 1.82) is 0 Å². The lowest BCUT2D eigenvalue weighted by Gasteiger charge is -2.29. The second kappa shape index (κ2) is 11.6. The monoisotopic (exact) mass is 507 g/mol. The number of fused-ring (bicyclic) bond motifs is 1. The third kappa shape index (κ3) is 6.67. The summed E-state index contributed by atoms with van der Waals surface area (Å²) in [5, 5.41) is 1.40. The molecule has 33 heavy (non-hydrogen) atoms. The Bertz CT molecular complexity index is 1090. The van der Waals surface area contributed by atoms with Gasteiger partial charge in [0.15, 0.2) is 5.13 Å². The van der Waals surface area contributed by atoms with Gasteiger partial charge in [0.1, 0.15) is 5.82 Å². The predicted molar refractivity (Wildman–Crippen MR) is 135 cm³/mol. The molecular weight excluding hydrogens is 481 g/mol. The first-order valence-corrected chi connectivity index (χ1v) is 13.2. The van der Waals surface area contributed by atoms with Crippen LogP contribution in [-0.4, -0.2) is 60.9 Å². The molecule has 9 heteroatoms. The zero-order valence-electron chi connectivity index (χ0n) is 18.6. The summed E-state index contributed by atoms with van der Waals surface area (Å²) in [5.74, 6) is 0.632. The number of aryl methyl sites for hydroxylation is 1. The normalized spacial score (nSPS) is 14.6. The van der Waals surface area contributed by atoms with Gasteiger partial charge in [-0.15, -0.1) is 11.8 Å². The van der Waals surface area contributed by atoms with Crippen molar-refractivity contribution in [1.82, 2.24) is 9.88 Å². The van der Waals surface area contributed by atoms with Crippen LogP contribution < -0.4 is 4.90 Å². The number of aromatic nitrogens is 1. The molecule has 0 bridgehead atoms. The molecule has 0 spiro atoms. The van der Waals surface area contributed by atoms with Gasteiger partial charge in [-0.3, -0.25) is 14.6 Å². The van der Waals surface area contributed by atoms with Crippen LogP contribution in [0.4, 0.5) is 9.52 Å². The Hall–Kier alpha value is -1.71. The van der Waals surface area contributed by atoms with E-state index >= 15 is 0 Å². The van der Waals surface area contributed by atoms with Gasteiger partial charge in [-0.05, 0) is 61.1 Å². The van der Waals surface area contributed by atoms with Gasteiger partial charge in [-0.25, -0.2) is 9.37 Å². The molecule has 0 aliphatic carbocycles. The van der Waals surface area contributed by atoms with Gasteiger partial charge >= 0.3 is 0 Å². The van der Waals surface area contributed by atoms with E-state index in [0.717, 1.165) is 70.8 Å². The summed E-state index contributed by atoms with van der Waals surface area (Å²) in [7, 11) is 0. The van der Waals surface area contributed by atoms with Crippen molar-refractivity contribution in [3.05, 3.63) is 52.8 Å². The van der Waals surface area contributed by atoms with Crippen LogP contribution in [-0.2, 0) is 9.53 Å². The first-order chi connectivity index (χ1) is 16.0. The Morgan fingerprint density at radius 1 is 1.27 bits per heavy atom. The number of morpholine rings is 1. The molecule has 1 fully saturated rings. The molecular formula is C24H27ClFN3O2S2. The number of hydrogen-bond donors (Lipinski definition) is 0. The van der Waals surface area contributed by atoms with E-state index in [1.54, 1.807) is 23.9 Å². The SMILES string of the molecule is Cc1cc(Cl)cc2sc(N(CCN3CCOCC3)C(=O)CCCSc3ccc(F)cc3)nc12. The average Bonchev–Trinajstić information content (AvgIpc) is 3.23. The molecule has 0 unspecified atom stereocenters. The number of carbonyl (C=O) groups excluding carboxylic acids is 1. The summed E-state index contributed by atoms with van der Waals surface area (Å²) in [5.41, 5.74) is 1.91. The van der Waals surface area contributed by atoms with Crippen molar-refractivity contribution in [2.24, 2.45) is 0 Å². The molecule has 0 saturated carbocycles. The summed E-state index contributed by atoms with van der Waals surface area (Å²) < 4.78 is 19.5. The molecule has 5 nitrogen and oxygen atoms in total. The Morgan fingerprint density at radius 2 is 2.03 bits per heavy atom. The lowest BCUT2D eigenvalue weighted by Crippen LogP contribution is -2.43. The maximum Gasteiger partial charge on any atom is 0.228 e. The van der Waals surface area contributed by atoms with E-state index in [1.165, 1.54) is 23.5 Å². The van der Waals surface area contributed by atoms with Crippen LogP contribution in [0.25, 0.3) is 10.2 Å². The van der Waals surface area contributed by atoms with E-state index in [4.69, 9.17) is 21.3 Å². The molecule has 1 saturated heterocycles. The zero-order chi connectivity index (χ0) is 23.2. The predicted octanol–water partition coefficient (Wildman–Crippen LogP) is 5.63. The highest BCUT2D eigenvalue weighted by molar-refractivity contribution is 7.99. The highest BCUT2D eigenvalue weighted by Crippen LogP contribution is 2.33. The van der Waals surface area contributed by atoms with E-state index in [0.29, 0.717) is 18.0 Å². The number of ether oxygens (including phenoxy) is 1. The van der Waals surface area contributed by atoms with Crippen LogP contribution in [0.2, 0.25) is 5.02 Å². The van der Waals surface area contributed by atoms with Gasteiger partial charge in [-0.2, -0.15) is 0 Å². The topological polar surface area (TPSA) is 45.7 Å². The second-order valence-electron chi connectivity index (χ2n) is 7.97. The van der Waals surface area contributed by atoms with Gasteiger partial charge in [0, 0.05) is 42.5 Å². The van der Waals surface area contributed by atoms with Gasteiger partial charge in [-0.1, -0.05) is 22.9 Å². The molecule has 0 atom stereocenters. The third-order valence-corrected chi connectivity index (χ3v) is 7.87. The number of carbonyl (C=O) groups is 1. The Balaban J connectivity index is 1.42. The number of nitrogens with zero attached hydrogens (tertiary/aromatic N) is 3. The Kier molecular flexibility index (Phi) is 8.60. The van der Waals surface area contributed by atoms with Crippen molar-refractivity contribution < 1.29 is 13.9 Å². The Morgan fingerprint density at radius 3 is 2.79 bits per heavy atom. The quantitative estimate of drug-likeness (QED) is 0.277. The Labute approximate surface area is 206 Å². The summed E-state index contributed by atoms with van der Waals surface area (Å²) in [6.07, 6.45) is 1.18. The average molecular weight is 508 g/mol. The molecule has 1 amide bonds. The van der Waals surface area contributed by atoms with Crippen molar-refractivity contribution in [3.63, 3.8) is 0 Å². The minimum atomic E-state index is -0.238. The highest BCUT2D eigenvalue weighted by atomic mass is 35.5. The van der Waals surface area contributed by atoms with Crippen molar-refractivity contribution in [3.8, 4) is 0 Å². The first-order valence-electron chi connectivity index (χ1n) is 11.0. The number of rotatable bonds is 9. The van der Waals surface area contributed by atoms with Crippen LogP contribution in [0.5, 0.6) is 0 Å². The minimum Gasteiger partial charge on any atom is -0.379 e. The fourth-order valence-electron chi connectivity index (χ4n) is 3.73.